The third kappa shape index (κ3) is 2.92. The van der Waals surface area contributed by atoms with Gasteiger partial charge >= 0.3 is 0 Å². The average molecular weight is 307 g/mol. The number of halogens is 1. The summed E-state index contributed by atoms with van der Waals surface area (Å²) in [6.07, 6.45) is 0.814. The van der Waals surface area contributed by atoms with Crippen LogP contribution in [-0.4, -0.2) is 12.2 Å². The smallest absolute Gasteiger partial charge is 0.122 e. The Morgan fingerprint density at radius 2 is 1.89 bits per heavy atom. The second kappa shape index (κ2) is 6.03. The van der Waals surface area contributed by atoms with E-state index in [4.69, 9.17) is 9.84 Å². The number of benzene rings is 2. The average Bonchev–Trinajstić information content (AvgIpc) is 2.39. The fourth-order valence-corrected chi connectivity index (χ4v) is 2.45. The van der Waals surface area contributed by atoms with Gasteiger partial charge in [0.25, 0.3) is 0 Å². The van der Waals surface area contributed by atoms with E-state index in [-0.39, 0.29) is 6.61 Å². The second-order valence-corrected chi connectivity index (χ2v) is 4.93. The quantitative estimate of drug-likeness (QED) is 0.936. The molecule has 0 aliphatic carbocycles. The third-order valence-electron chi connectivity index (χ3n) is 2.87. The minimum Gasteiger partial charge on any atom is -0.496 e. The standard InChI is InChI=1S/C15H15BrO2/c1-18-15-5-3-2-4-12(15)8-11-6-7-13(10-17)14(16)9-11/h2-7,9,17H,8,10H2,1H3. The van der Waals surface area contributed by atoms with Crippen molar-refractivity contribution in [3.8, 4) is 5.75 Å². The maximum atomic E-state index is 9.13. The molecule has 2 rings (SSSR count). The van der Waals surface area contributed by atoms with E-state index in [0.29, 0.717) is 0 Å². The molecule has 0 bridgehead atoms. The first-order valence-corrected chi connectivity index (χ1v) is 6.54. The lowest BCUT2D eigenvalue weighted by Gasteiger charge is -2.09. The zero-order valence-electron chi connectivity index (χ0n) is 10.2. The molecule has 0 aliphatic rings. The van der Waals surface area contributed by atoms with Crippen LogP contribution in [0, 0.1) is 0 Å². The van der Waals surface area contributed by atoms with Gasteiger partial charge in [0.05, 0.1) is 13.7 Å². The molecule has 0 fully saturated rings. The fourth-order valence-electron chi connectivity index (χ4n) is 1.90. The van der Waals surface area contributed by atoms with E-state index in [0.717, 1.165) is 27.8 Å². The molecule has 0 unspecified atom stereocenters. The highest BCUT2D eigenvalue weighted by atomic mass is 79.9. The molecule has 0 heterocycles. The maximum Gasteiger partial charge on any atom is 0.122 e. The van der Waals surface area contributed by atoms with Crippen molar-refractivity contribution in [2.75, 3.05) is 7.11 Å². The van der Waals surface area contributed by atoms with Crippen molar-refractivity contribution in [1.82, 2.24) is 0 Å². The first-order chi connectivity index (χ1) is 8.74. The van der Waals surface area contributed by atoms with Crippen LogP contribution in [0.4, 0.5) is 0 Å². The van der Waals surface area contributed by atoms with Crippen molar-refractivity contribution in [3.05, 3.63) is 63.6 Å². The summed E-state index contributed by atoms with van der Waals surface area (Å²) in [5.41, 5.74) is 3.24. The Labute approximate surface area is 115 Å². The highest BCUT2D eigenvalue weighted by Crippen LogP contribution is 2.24. The van der Waals surface area contributed by atoms with Crippen LogP contribution in [0.25, 0.3) is 0 Å². The summed E-state index contributed by atoms with van der Waals surface area (Å²) in [4.78, 5) is 0. The molecule has 0 amide bonds. The Morgan fingerprint density at radius 3 is 2.56 bits per heavy atom. The van der Waals surface area contributed by atoms with Crippen molar-refractivity contribution >= 4 is 15.9 Å². The monoisotopic (exact) mass is 306 g/mol. The van der Waals surface area contributed by atoms with Crippen LogP contribution >= 0.6 is 15.9 Å². The van der Waals surface area contributed by atoms with Crippen molar-refractivity contribution in [2.45, 2.75) is 13.0 Å². The van der Waals surface area contributed by atoms with Crippen molar-refractivity contribution in [3.63, 3.8) is 0 Å². The van der Waals surface area contributed by atoms with E-state index in [1.165, 1.54) is 5.56 Å². The zero-order chi connectivity index (χ0) is 13.0. The molecule has 1 N–H and O–H groups in total. The van der Waals surface area contributed by atoms with E-state index >= 15 is 0 Å². The number of aliphatic hydroxyl groups excluding tert-OH is 1. The van der Waals surface area contributed by atoms with E-state index in [9.17, 15) is 0 Å². The summed E-state index contributed by atoms with van der Waals surface area (Å²) in [7, 11) is 1.68. The molecular formula is C15H15BrO2. The number of ether oxygens (including phenoxy) is 1. The normalized spacial score (nSPS) is 10.4. The van der Waals surface area contributed by atoms with Gasteiger partial charge in [0.1, 0.15) is 5.75 Å². The minimum absolute atomic E-state index is 0.0511. The first kappa shape index (κ1) is 13.1. The molecule has 2 aromatic rings. The fraction of sp³-hybridized carbons (Fsp3) is 0.200. The predicted octanol–water partition coefficient (Wildman–Crippen LogP) is 3.54. The number of hydrogen-bond donors (Lipinski definition) is 1. The molecule has 0 aliphatic heterocycles. The number of para-hydroxylation sites is 1. The molecule has 0 radical (unpaired) electrons. The maximum absolute atomic E-state index is 9.13. The van der Waals surface area contributed by atoms with Gasteiger partial charge < -0.3 is 9.84 Å². The minimum atomic E-state index is 0.0511. The number of hydrogen-bond acceptors (Lipinski definition) is 2. The molecule has 0 saturated heterocycles. The SMILES string of the molecule is COc1ccccc1Cc1ccc(CO)c(Br)c1. The number of aliphatic hydroxyl groups is 1. The topological polar surface area (TPSA) is 29.5 Å². The highest BCUT2D eigenvalue weighted by molar-refractivity contribution is 9.10. The van der Waals surface area contributed by atoms with Crippen LogP contribution in [0.15, 0.2) is 46.9 Å². The number of rotatable bonds is 4. The largest absolute Gasteiger partial charge is 0.496 e. The molecule has 18 heavy (non-hydrogen) atoms. The van der Waals surface area contributed by atoms with Gasteiger partial charge in [0.15, 0.2) is 0 Å². The second-order valence-electron chi connectivity index (χ2n) is 4.07. The molecule has 0 spiro atoms. The summed E-state index contributed by atoms with van der Waals surface area (Å²) < 4.78 is 6.28. The lowest BCUT2D eigenvalue weighted by atomic mass is 10.0. The highest BCUT2D eigenvalue weighted by Gasteiger charge is 2.05. The summed E-state index contributed by atoms with van der Waals surface area (Å²) in [5.74, 6) is 0.903. The molecule has 2 nitrogen and oxygen atoms in total. The summed E-state index contributed by atoms with van der Waals surface area (Å²) >= 11 is 3.46. The van der Waals surface area contributed by atoms with Gasteiger partial charge in [-0.2, -0.15) is 0 Å². The van der Waals surface area contributed by atoms with E-state index < -0.39 is 0 Å². The van der Waals surface area contributed by atoms with Gasteiger partial charge in [-0.1, -0.05) is 46.3 Å². The van der Waals surface area contributed by atoms with Crippen molar-refractivity contribution < 1.29 is 9.84 Å². The molecule has 0 aromatic heterocycles. The summed E-state index contributed by atoms with van der Waals surface area (Å²) in [5, 5.41) is 9.13. The summed E-state index contributed by atoms with van der Waals surface area (Å²) in [6, 6.07) is 14.0. The molecule has 3 heteroatoms. The van der Waals surface area contributed by atoms with E-state index in [1.807, 2.05) is 36.4 Å². The van der Waals surface area contributed by atoms with Crippen LogP contribution in [0.1, 0.15) is 16.7 Å². The Kier molecular flexibility index (Phi) is 4.39. The van der Waals surface area contributed by atoms with Crippen LogP contribution in [0.3, 0.4) is 0 Å². The van der Waals surface area contributed by atoms with Gasteiger partial charge in [0.2, 0.25) is 0 Å². The van der Waals surface area contributed by atoms with Gasteiger partial charge in [0, 0.05) is 10.9 Å². The Hall–Kier alpha value is -1.32. The van der Waals surface area contributed by atoms with Gasteiger partial charge in [-0.25, -0.2) is 0 Å². The van der Waals surface area contributed by atoms with Gasteiger partial charge in [-0.15, -0.1) is 0 Å². The molecule has 0 atom stereocenters. The number of methoxy groups -OCH3 is 1. The molecule has 94 valence electrons. The predicted molar refractivity (Wildman–Crippen MR) is 75.9 cm³/mol. The molecule has 0 saturated carbocycles. The van der Waals surface area contributed by atoms with Gasteiger partial charge in [-0.05, 0) is 28.8 Å². The van der Waals surface area contributed by atoms with Crippen molar-refractivity contribution in [1.29, 1.82) is 0 Å². The molecule has 2 aromatic carbocycles. The first-order valence-electron chi connectivity index (χ1n) is 5.74. The van der Waals surface area contributed by atoms with E-state index in [1.54, 1.807) is 7.11 Å². The van der Waals surface area contributed by atoms with Crippen LogP contribution < -0.4 is 4.74 Å². The lowest BCUT2D eigenvalue weighted by molar-refractivity contribution is 0.281. The summed E-state index contributed by atoms with van der Waals surface area (Å²) in [6.45, 7) is 0.0511. The third-order valence-corrected chi connectivity index (χ3v) is 3.61. The Balaban J connectivity index is 2.26. The van der Waals surface area contributed by atoms with Crippen molar-refractivity contribution in [2.24, 2.45) is 0 Å². The Bertz CT molecular complexity index is 538. The zero-order valence-corrected chi connectivity index (χ0v) is 11.8. The van der Waals surface area contributed by atoms with E-state index in [2.05, 4.69) is 22.0 Å². The van der Waals surface area contributed by atoms with Crippen LogP contribution in [0.5, 0.6) is 5.75 Å². The van der Waals surface area contributed by atoms with Crippen LogP contribution in [-0.2, 0) is 13.0 Å². The molecular weight excluding hydrogens is 292 g/mol. The van der Waals surface area contributed by atoms with Crippen LogP contribution in [0.2, 0.25) is 0 Å². The Morgan fingerprint density at radius 1 is 1.11 bits per heavy atom. The van der Waals surface area contributed by atoms with Gasteiger partial charge in [-0.3, -0.25) is 0 Å². The lowest BCUT2D eigenvalue weighted by Crippen LogP contribution is -1.94.